The predicted molar refractivity (Wildman–Crippen MR) is 78.7 cm³/mol. The highest BCUT2D eigenvalue weighted by molar-refractivity contribution is 6.33. The Labute approximate surface area is 119 Å². The molecule has 0 saturated carbocycles. The number of piperidine rings is 1. The van der Waals surface area contributed by atoms with Crippen LogP contribution in [0.25, 0.3) is 0 Å². The predicted octanol–water partition coefficient (Wildman–Crippen LogP) is 2.95. The SMILES string of the molecule is CCN1CCC(NC(=O)Nc2ccccc2Cl)CC1. The fraction of sp³-hybridized carbons (Fsp3) is 0.500. The van der Waals surface area contributed by atoms with Crippen LogP contribution in [0.5, 0.6) is 0 Å². The zero-order chi connectivity index (χ0) is 13.7. The van der Waals surface area contributed by atoms with Gasteiger partial charge in [-0.25, -0.2) is 4.79 Å². The lowest BCUT2D eigenvalue weighted by atomic mass is 10.1. The Kier molecular flexibility index (Phi) is 5.05. The van der Waals surface area contributed by atoms with Crippen molar-refractivity contribution in [2.45, 2.75) is 25.8 Å². The van der Waals surface area contributed by atoms with Crippen molar-refractivity contribution in [3.05, 3.63) is 29.3 Å². The molecule has 104 valence electrons. The van der Waals surface area contributed by atoms with Crippen molar-refractivity contribution in [2.24, 2.45) is 0 Å². The van der Waals surface area contributed by atoms with E-state index in [0.717, 1.165) is 32.5 Å². The summed E-state index contributed by atoms with van der Waals surface area (Å²) in [5, 5.41) is 6.35. The van der Waals surface area contributed by atoms with Crippen LogP contribution in [0.3, 0.4) is 0 Å². The number of likely N-dealkylation sites (tertiary alicyclic amines) is 1. The van der Waals surface area contributed by atoms with E-state index in [1.54, 1.807) is 12.1 Å². The minimum atomic E-state index is -0.178. The molecular formula is C14H20ClN3O. The van der Waals surface area contributed by atoms with Gasteiger partial charge in [0, 0.05) is 19.1 Å². The van der Waals surface area contributed by atoms with Crippen LogP contribution >= 0.6 is 11.6 Å². The molecule has 1 fully saturated rings. The molecule has 1 aromatic carbocycles. The van der Waals surface area contributed by atoms with E-state index in [9.17, 15) is 4.79 Å². The van der Waals surface area contributed by atoms with Crippen molar-refractivity contribution in [1.29, 1.82) is 0 Å². The van der Waals surface area contributed by atoms with Crippen LogP contribution in [0.1, 0.15) is 19.8 Å². The molecule has 19 heavy (non-hydrogen) atoms. The van der Waals surface area contributed by atoms with Crippen molar-refractivity contribution in [3.63, 3.8) is 0 Å². The van der Waals surface area contributed by atoms with Crippen LogP contribution in [-0.2, 0) is 0 Å². The number of rotatable bonds is 3. The summed E-state index contributed by atoms with van der Waals surface area (Å²) in [5.74, 6) is 0. The topological polar surface area (TPSA) is 44.4 Å². The summed E-state index contributed by atoms with van der Waals surface area (Å²) in [7, 11) is 0. The van der Waals surface area contributed by atoms with Gasteiger partial charge in [0.1, 0.15) is 0 Å². The molecule has 0 bridgehead atoms. The summed E-state index contributed by atoms with van der Waals surface area (Å²) < 4.78 is 0. The van der Waals surface area contributed by atoms with Crippen molar-refractivity contribution in [3.8, 4) is 0 Å². The molecule has 1 saturated heterocycles. The molecule has 0 radical (unpaired) electrons. The van der Waals surface area contributed by atoms with E-state index in [-0.39, 0.29) is 12.1 Å². The lowest BCUT2D eigenvalue weighted by Gasteiger charge is -2.31. The molecule has 1 aliphatic rings. The fourth-order valence-corrected chi connectivity index (χ4v) is 2.48. The first-order valence-corrected chi connectivity index (χ1v) is 7.11. The Hall–Kier alpha value is -1.26. The lowest BCUT2D eigenvalue weighted by Crippen LogP contribution is -2.45. The fourth-order valence-electron chi connectivity index (χ4n) is 2.30. The minimum absolute atomic E-state index is 0.178. The molecule has 0 aliphatic carbocycles. The molecule has 2 rings (SSSR count). The molecule has 1 aliphatic heterocycles. The molecule has 0 unspecified atom stereocenters. The number of urea groups is 1. The summed E-state index contributed by atoms with van der Waals surface area (Å²) in [6.45, 7) is 5.34. The van der Waals surface area contributed by atoms with Crippen LogP contribution in [-0.4, -0.2) is 36.6 Å². The van der Waals surface area contributed by atoms with Gasteiger partial charge in [0.05, 0.1) is 10.7 Å². The van der Waals surface area contributed by atoms with E-state index in [4.69, 9.17) is 11.6 Å². The van der Waals surface area contributed by atoms with Gasteiger partial charge < -0.3 is 15.5 Å². The third-order valence-corrected chi connectivity index (χ3v) is 3.82. The van der Waals surface area contributed by atoms with Crippen LogP contribution < -0.4 is 10.6 Å². The highest BCUT2D eigenvalue weighted by Gasteiger charge is 2.19. The highest BCUT2D eigenvalue weighted by atomic mass is 35.5. The molecule has 2 N–H and O–H groups in total. The Morgan fingerprint density at radius 1 is 1.37 bits per heavy atom. The largest absolute Gasteiger partial charge is 0.335 e. The Bertz CT molecular complexity index is 430. The average molecular weight is 282 g/mol. The second-order valence-corrected chi connectivity index (χ2v) is 5.19. The van der Waals surface area contributed by atoms with Crippen molar-refractivity contribution < 1.29 is 4.79 Å². The second-order valence-electron chi connectivity index (χ2n) is 4.79. The zero-order valence-corrected chi connectivity index (χ0v) is 11.9. The number of nitrogens with zero attached hydrogens (tertiary/aromatic N) is 1. The van der Waals surface area contributed by atoms with E-state index >= 15 is 0 Å². The van der Waals surface area contributed by atoms with E-state index in [1.807, 2.05) is 12.1 Å². The van der Waals surface area contributed by atoms with Gasteiger partial charge in [-0.05, 0) is 31.5 Å². The molecule has 1 aromatic rings. The first-order chi connectivity index (χ1) is 9.19. The summed E-state index contributed by atoms with van der Waals surface area (Å²) in [5.41, 5.74) is 0.646. The standard InChI is InChI=1S/C14H20ClN3O/c1-2-18-9-7-11(8-10-18)16-14(19)17-13-6-4-3-5-12(13)15/h3-6,11H,2,7-10H2,1H3,(H2,16,17,19). The number of nitrogens with one attached hydrogen (secondary N) is 2. The number of halogens is 1. The second kappa shape index (κ2) is 6.78. The Balaban J connectivity index is 1.81. The summed E-state index contributed by atoms with van der Waals surface area (Å²) in [6, 6.07) is 7.32. The number of anilines is 1. The number of hydrogen-bond acceptors (Lipinski definition) is 2. The van der Waals surface area contributed by atoms with E-state index in [1.165, 1.54) is 0 Å². The average Bonchev–Trinajstić information content (AvgIpc) is 2.42. The van der Waals surface area contributed by atoms with Gasteiger partial charge in [-0.2, -0.15) is 0 Å². The summed E-state index contributed by atoms with van der Waals surface area (Å²) >= 11 is 6.00. The molecule has 0 aromatic heterocycles. The number of benzene rings is 1. The molecule has 0 spiro atoms. The number of amides is 2. The van der Waals surface area contributed by atoms with Crippen LogP contribution in [0, 0.1) is 0 Å². The molecule has 4 nitrogen and oxygen atoms in total. The van der Waals surface area contributed by atoms with Crippen molar-refractivity contribution >= 4 is 23.3 Å². The normalized spacial score (nSPS) is 17.2. The van der Waals surface area contributed by atoms with E-state index < -0.39 is 0 Å². The Morgan fingerprint density at radius 3 is 2.68 bits per heavy atom. The summed E-state index contributed by atoms with van der Waals surface area (Å²) in [4.78, 5) is 14.3. The van der Waals surface area contributed by atoms with E-state index in [2.05, 4.69) is 22.5 Å². The maximum Gasteiger partial charge on any atom is 0.319 e. The van der Waals surface area contributed by atoms with Gasteiger partial charge in [-0.15, -0.1) is 0 Å². The quantitative estimate of drug-likeness (QED) is 0.895. The lowest BCUT2D eigenvalue weighted by molar-refractivity contribution is 0.203. The number of para-hydroxylation sites is 1. The minimum Gasteiger partial charge on any atom is -0.335 e. The van der Waals surface area contributed by atoms with Crippen LogP contribution in [0.2, 0.25) is 5.02 Å². The number of hydrogen-bond donors (Lipinski definition) is 2. The maximum absolute atomic E-state index is 11.9. The van der Waals surface area contributed by atoms with Crippen molar-refractivity contribution in [2.75, 3.05) is 25.0 Å². The van der Waals surface area contributed by atoms with Crippen LogP contribution in [0.15, 0.2) is 24.3 Å². The van der Waals surface area contributed by atoms with Gasteiger partial charge in [0.2, 0.25) is 0 Å². The van der Waals surface area contributed by atoms with Gasteiger partial charge in [-0.1, -0.05) is 30.7 Å². The first-order valence-electron chi connectivity index (χ1n) is 6.73. The maximum atomic E-state index is 11.9. The molecule has 1 heterocycles. The number of carbonyl (C=O) groups is 1. The van der Waals surface area contributed by atoms with E-state index in [0.29, 0.717) is 10.7 Å². The molecule has 5 heteroatoms. The van der Waals surface area contributed by atoms with Crippen LogP contribution in [0.4, 0.5) is 10.5 Å². The number of carbonyl (C=O) groups excluding carboxylic acids is 1. The third kappa shape index (κ3) is 4.11. The van der Waals surface area contributed by atoms with Gasteiger partial charge in [-0.3, -0.25) is 0 Å². The van der Waals surface area contributed by atoms with Gasteiger partial charge in [0.15, 0.2) is 0 Å². The molecule has 2 amide bonds. The molecule has 0 atom stereocenters. The first kappa shape index (κ1) is 14.2. The Morgan fingerprint density at radius 2 is 2.05 bits per heavy atom. The highest BCUT2D eigenvalue weighted by Crippen LogP contribution is 2.20. The third-order valence-electron chi connectivity index (χ3n) is 3.49. The smallest absolute Gasteiger partial charge is 0.319 e. The monoisotopic (exact) mass is 281 g/mol. The van der Waals surface area contributed by atoms with Crippen molar-refractivity contribution in [1.82, 2.24) is 10.2 Å². The molecular weight excluding hydrogens is 262 g/mol. The van der Waals surface area contributed by atoms with Gasteiger partial charge in [0.25, 0.3) is 0 Å². The van der Waals surface area contributed by atoms with Gasteiger partial charge >= 0.3 is 6.03 Å². The summed E-state index contributed by atoms with van der Waals surface area (Å²) in [6.07, 6.45) is 2.01. The zero-order valence-electron chi connectivity index (χ0n) is 11.2.